The first-order valence-electron chi connectivity index (χ1n) is 7.19. The topological polar surface area (TPSA) is 55.8 Å². The highest BCUT2D eigenvalue weighted by molar-refractivity contribution is 6.00. The summed E-state index contributed by atoms with van der Waals surface area (Å²) in [5, 5.41) is 11.0. The molecule has 1 heterocycles. The minimum atomic E-state index is -0.903. The van der Waals surface area contributed by atoms with Crippen LogP contribution in [0.5, 0.6) is 0 Å². The fraction of sp³-hybridized carbons (Fsp3) is 0.800. The van der Waals surface area contributed by atoms with Gasteiger partial charge in [-0.1, -0.05) is 12.5 Å². The number of aliphatic hydroxyl groups excluding tert-OH is 1. The maximum absolute atomic E-state index is 12.2. The van der Waals surface area contributed by atoms with E-state index in [2.05, 4.69) is 0 Å². The summed E-state index contributed by atoms with van der Waals surface area (Å²) >= 11 is 0. The molecule has 2 saturated carbocycles. The zero-order chi connectivity index (χ0) is 13.5. The van der Waals surface area contributed by atoms with Gasteiger partial charge in [0, 0.05) is 22.8 Å². The number of aliphatic hydroxyl groups is 1. The minimum Gasteiger partial charge on any atom is -0.387 e. The van der Waals surface area contributed by atoms with Crippen LogP contribution in [0.15, 0.2) is 11.1 Å². The van der Waals surface area contributed by atoms with Crippen molar-refractivity contribution in [2.45, 2.75) is 51.4 Å². The van der Waals surface area contributed by atoms with Gasteiger partial charge in [-0.3, -0.25) is 4.79 Å². The molecule has 4 heteroatoms. The smallest absolute Gasteiger partial charge is 0.205 e. The SMILES string of the molecule is CC1=C2C(=O)CC[C@@]2(C)[C@@H](O)C2(OCCO2)C12CC2. The summed E-state index contributed by atoms with van der Waals surface area (Å²) in [5.74, 6) is -0.696. The van der Waals surface area contributed by atoms with E-state index < -0.39 is 17.3 Å². The van der Waals surface area contributed by atoms with Crippen molar-refractivity contribution in [2.24, 2.45) is 10.8 Å². The first-order valence-corrected chi connectivity index (χ1v) is 7.19. The monoisotopic (exact) mass is 264 g/mol. The summed E-state index contributed by atoms with van der Waals surface area (Å²) in [5.41, 5.74) is 1.23. The van der Waals surface area contributed by atoms with Crippen LogP contribution in [0.2, 0.25) is 0 Å². The Morgan fingerprint density at radius 3 is 2.42 bits per heavy atom. The Kier molecular flexibility index (Phi) is 2.09. The molecule has 104 valence electrons. The highest BCUT2D eigenvalue weighted by atomic mass is 16.7. The number of rotatable bonds is 0. The van der Waals surface area contributed by atoms with Gasteiger partial charge in [-0.2, -0.15) is 0 Å². The standard InChI is InChI=1S/C15H20O4/c1-9-11-10(16)3-4-13(11,2)12(17)15(14(9)5-6-14)18-7-8-19-15/h12,17H,3-8H2,1-2H3/t12-,13-/m1/s1. The van der Waals surface area contributed by atoms with Crippen molar-refractivity contribution < 1.29 is 19.4 Å². The summed E-state index contributed by atoms with van der Waals surface area (Å²) in [4.78, 5) is 12.2. The predicted octanol–water partition coefficient (Wildman–Crippen LogP) is 1.57. The van der Waals surface area contributed by atoms with Crippen molar-refractivity contribution in [3.8, 4) is 0 Å². The van der Waals surface area contributed by atoms with Crippen molar-refractivity contribution in [3.05, 3.63) is 11.1 Å². The lowest BCUT2D eigenvalue weighted by atomic mass is 9.62. The minimum absolute atomic E-state index is 0.207. The van der Waals surface area contributed by atoms with E-state index in [0.717, 1.165) is 24.0 Å². The first-order chi connectivity index (χ1) is 8.98. The molecule has 4 nitrogen and oxygen atoms in total. The summed E-state index contributed by atoms with van der Waals surface area (Å²) in [6.45, 7) is 5.10. The van der Waals surface area contributed by atoms with Crippen molar-refractivity contribution in [1.29, 1.82) is 0 Å². The van der Waals surface area contributed by atoms with Crippen LogP contribution in [-0.4, -0.2) is 36.0 Å². The molecule has 3 fully saturated rings. The molecule has 4 aliphatic rings. The lowest BCUT2D eigenvalue weighted by Crippen LogP contribution is -2.61. The van der Waals surface area contributed by atoms with E-state index in [1.807, 2.05) is 13.8 Å². The van der Waals surface area contributed by atoms with Crippen LogP contribution in [0.1, 0.15) is 39.5 Å². The molecule has 0 bridgehead atoms. The fourth-order valence-corrected chi connectivity index (χ4v) is 4.75. The van der Waals surface area contributed by atoms with Crippen LogP contribution in [0.3, 0.4) is 0 Å². The van der Waals surface area contributed by atoms with Gasteiger partial charge in [0.15, 0.2) is 5.78 Å². The second-order valence-corrected chi connectivity index (χ2v) is 6.69. The fourth-order valence-electron chi connectivity index (χ4n) is 4.75. The van der Waals surface area contributed by atoms with Crippen molar-refractivity contribution >= 4 is 5.78 Å². The van der Waals surface area contributed by atoms with E-state index in [0.29, 0.717) is 26.1 Å². The van der Waals surface area contributed by atoms with E-state index in [1.165, 1.54) is 0 Å². The summed E-state index contributed by atoms with van der Waals surface area (Å²) in [6, 6.07) is 0. The second kappa shape index (κ2) is 3.30. The lowest BCUT2D eigenvalue weighted by Gasteiger charge is -2.51. The third kappa shape index (κ3) is 1.11. The predicted molar refractivity (Wildman–Crippen MR) is 67.4 cm³/mol. The van der Waals surface area contributed by atoms with E-state index in [-0.39, 0.29) is 11.2 Å². The second-order valence-electron chi connectivity index (χ2n) is 6.69. The number of carbonyl (C=O) groups is 1. The van der Waals surface area contributed by atoms with Crippen molar-refractivity contribution in [2.75, 3.05) is 13.2 Å². The number of fused-ring (bicyclic) bond motifs is 2. The van der Waals surface area contributed by atoms with E-state index >= 15 is 0 Å². The Bertz CT molecular complexity index is 496. The Morgan fingerprint density at radius 2 is 1.84 bits per heavy atom. The summed E-state index contributed by atoms with van der Waals surface area (Å²) in [7, 11) is 0. The van der Waals surface area contributed by atoms with E-state index in [4.69, 9.17) is 9.47 Å². The molecule has 0 radical (unpaired) electrons. The maximum Gasteiger partial charge on any atom is 0.205 e. The molecule has 1 saturated heterocycles. The first kappa shape index (κ1) is 12.1. The van der Waals surface area contributed by atoms with Crippen molar-refractivity contribution in [3.63, 3.8) is 0 Å². The highest BCUT2D eigenvalue weighted by Gasteiger charge is 2.74. The third-order valence-corrected chi connectivity index (χ3v) is 5.91. The van der Waals surface area contributed by atoms with Crippen LogP contribution in [0, 0.1) is 10.8 Å². The summed E-state index contributed by atoms with van der Waals surface area (Å²) < 4.78 is 11.9. The van der Waals surface area contributed by atoms with Crippen LogP contribution < -0.4 is 0 Å². The van der Waals surface area contributed by atoms with Crippen LogP contribution >= 0.6 is 0 Å². The average molecular weight is 264 g/mol. The van der Waals surface area contributed by atoms with Gasteiger partial charge in [-0.25, -0.2) is 0 Å². The molecule has 2 atom stereocenters. The number of ketones is 1. The van der Waals surface area contributed by atoms with Gasteiger partial charge in [0.1, 0.15) is 6.10 Å². The third-order valence-electron chi connectivity index (χ3n) is 5.91. The average Bonchev–Trinajstić information content (AvgIpc) is 2.95. The van der Waals surface area contributed by atoms with E-state index in [9.17, 15) is 9.90 Å². The zero-order valence-electron chi connectivity index (χ0n) is 11.5. The molecule has 0 aromatic carbocycles. The number of Topliss-reactive ketones (excluding diaryl/α,β-unsaturated/α-hetero) is 1. The van der Waals surface area contributed by atoms with Gasteiger partial charge in [-0.15, -0.1) is 0 Å². The Hall–Kier alpha value is -0.710. The molecule has 1 N–H and O–H groups in total. The molecule has 3 aliphatic carbocycles. The highest BCUT2D eigenvalue weighted by Crippen LogP contribution is 2.70. The number of carbonyl (C=O) groups excluding carboxylic acids is 1. The lowest BCUT2D eigenvalue weighted by molar-refractivity contribution is -0.279. The molecule has 0 aromatic heterocycles. The maximum atomic E-state index is 12.2. The summed E-state index contributed by atoms with van der Waals surface area (Å²) in [6.07, 6.45) is 2.39. The van der Waals surface area contributed by atoms with E-state index in [1.54, 1.807) is 0 Å². The van der Waals surface area contributed by atoms with Crippen molar-refractivity contribution in [1.82, 2.24) is 0 Å². The van der Waals surface area contributed by atoms with Gasteiger partial charge >= 0.3 is 0 Å². The molecule has 4 rings (SSSR count). The van der Waals surface area contributed by atoms with Gasteiger partial charge in [0.05, 0.1) is 13.2 Å². The van der Waals surface area contributed by atoms with Crippen LogP contribution in [0.25, 0.3) is 0 Å². The van der Waals surface area contributed by atoms with Gasteiger partial charge in [-0.05, 0) is 26.2 Å². The Balaban J connectivity index is 1.97. The number of hydrogen-bond donors (Lipinski definition) is 1. The molecule has 0 amide bonds. The Morgan fingerprint density at radius 1 is 1.21 bits per heavy atom. The molecule has 0 aromatic rings. The normalized spacial score (nSPS) is 42.3. The Labute approximate surface area is 112 Å². The van der Waals surface area contributed by atoms with Gasteiger partial charge in [0.25, 0.3) is 0 Å². The van der Waals surface area contributed by atoms with Gasteiger partial charge < -0.3 is 14.6 Å². The van der Waals surface area contributed by atoms with Crippen LogP contribution in [0.4, 0.5) is 0 Å². The molecular formula is C15H20O4. The largest absolute Gasteiger partial charge is 0.387 e. The number of ether oxygens (including phenoxy) is 2. The molecule has 2 spiro atoms. The molecule has 1 aliphatic heterocycles. The van der Waals surface area contributed by atoms with Crippen LogP contribution in [-0.2, 0) is 14.3 Å². The molecule has 19 heavy (non-hydrogen) atoms. The quantitative estimate of drug-likeness (QED) is 0.721. The molecular weight excluding hydrogens is 244 g/mol. The zero-order valence-corrected chi connectivity index (χ0v) is 11.5. The van der Waals surface area contributed by atoms with Gasteiger partial charge in [0.2, 0.25) is 5.79 Å². The molecule has 0 unspecified atom stereocenters. The number of hydrogen-bond acceptors (Lipinski definition) is 4.